The van der Waals surface area contributed by atoms with Gasteiger partial charge in [0, 0.05) is 0 Å². The SMILES string of the molecule is CCc1cccc(C)c1NS(=O)(=O)c1cc(C)ccc1O. The Hall–Kier alpha value is -2.01. The van der Waals surface area contributed by atoms with Crippen LogP contribution < -0.4 is 4.72 Å². The highest BCUT2D eigenvalue weighted by Gasteiger charge is 2.20. The van der Waals surface area contributed by atoms with Gasteiger partial charge in [0.15, 0.2) is 0 Å². The van der Waals surface area contributed by atoms with Crippen molar-refractivity contribution in [2.75, 3.05) is 4.72 Å². The number of hydrogen-bond acceptors (Lipinski definition) is 3. The molecule has 0 heterocycles. The number of anilines is 1. The molecular weight excluding hydrogens is 286 g/mol. The molecule has 2 aromatic rings. The fourth-order valence-corrected chi connectivity index (χ4v) is 3.55. The van der Waals surface area contributed by atoms with Crippen molar-refractivity contribution in [2.24, 2.45) is 0 Å². The van der Waals surface area contributed by atoms with Gasteiger partial charge in [-0.2, -0.15) is 0 Å². The van der Waals surface area contributed by atoms with E-state index in [0.29, 0.717) is 5.69 Å². The Morgan fingerprint density at radius 2 is 1.86 bits per heavy atom. The van der Waals surface area contributed by atoms with E-state index in [0.717, 1.165) is 23.1 Å². The number of aryl methyl sites for hydroxylation is 3. The number of aromatic hydroxyl groups is 1. The highest BCUT2D eigenvalue weighted by molar-refractivity contribution is 7.92. The van der Waals surface area contributed by atoms with Crippen LogP contribution in [-0.4, -0.2) is 13.5 Å². The number of hydrogen-bond donors (Lipinski definition) is 2. The summed E-state index contributed by atoms with van der Waals surface area (Å²) < 4.78 is 27.7. The van der Waals surface area contributed by atoms with Crippen molar-refractivity contribution < 1.29 is 13.5 Å². The maximum atomic E-state index is 12.5. The van der Waals surface area contributed by atoms with Gasteiger partial charge in [-0.05, 0) is 49.1 Å². The van der Waals surface area contributed by atoms with Gasteiger partial charge in [0.2, 0.25) is 0 Å². The van der Waals surface area contributed by atoms with Gasteiger partial charge in [0.1, 0.15) is 10.6 Å². The van der Waals surface area contributed by atoms with Crippen molar-refractivity contribution in [3.63, 3.8) is 0 Å². The number of sulfonamides is 1. The van der Waals surface area contributed by atoms with Crippen molar-refractivity contribution in [2.45, 2.75) is 32.1 Å². The lowest BCUT2D eigenvalue weighted by atomic mass is 10.1. The first-order valence-corrected chi connectivity index (χ1v) is 8.24. The van der Waals surface area contributed by atoms with Crippen LogP contribution in [0.15, 0.2) is 41.3 Å². The molecule has 0 amide bonds. The first kappa shape index (κ1) is 15.4. The predicted octanol–water partition coefficient (Wildman–Crippen LogP) is 3.37. The lowest BCUT2D eigenvalue weighted by Crippen LogP contribution is -2.15. The molecule has 0 spiro atoms. The molecule has 0 saturated heterocycles. The summed E-state index contributed by atoms with van der Waals surface area (Å²) in [6, 6.07) is 10.2. The van der Waals surface area contributed by atoms with Crippen LogP contribution in [0.5, 0.6) is 5.75 Å². The second kappa shape index (κ2) is 5.77. The molecule has 112 valence electrons. The number of para-hydroxylation sites is 1. The molecule has 0 radical (unpaired) electrons. The number of benzene rings is 2. The molecule has 0 bridgehead atoms. The summed E-state index contributed by atoms with van der Waals surface area (Å²) in [5, 5.41) is 9.83. The quantitative estimate of drug-likeness (QED) is 0.910. The van der Waals surface area contributed by atoms with E-state index in [9.17, 15) is 13.5 Å². The van der Waals surface area contributed by atoms with Crippen molar-refractivity contribution >= 4 is 15.7 Å². The van der Waals surface area contributed by atoms with Crippen LogP contribution in [0.1, 0.15) is 23.6 Å². The number of phenolic OH excluding ortho intramolecular Hbond substituents is 1. The fraction of sp³-hybridized carbons (Fsp3) is 0.250. The third kappa shape index (κ3) is 3.19. The van der Waals surface area contributed by atoms with E-state index in [1.54, 1.807) is 13.0 Å². The first-order valence-electron chi connectivity index (χ1n) is 6.76. The Balaban J connectivity index is 2.50. The summed E-state index contributed by atoms with van der Waals surface area (Å²) in [5.74, 6) is -0.250. The van der Waals surface area contributed by atoms with Crippen LogP contribution in [0, 0.1) is 13.8 Å². The Morgan fingerprint density at radius 3 is 2.52 bits per heavy atom. The number of phenols is 1. The molecule has 0 aliphatic heterocycles. The monoisotopic (exact) mass is 305 g/mol. The van der Waals surface area contributed by atoms with E-state index in [1.165, 1.54) is 12.1 Å². The minimum absolute atomic E-state index is 0.104. The van der Waals surface area contributed by atoms with E-state index in [2.05, 4.69) is 4.72 Å². The molecular formula is C16H19NO3S. The lowest BCUT2D eigenvalue weighted by molar-refractivity contribution is 0.459. The molecule has 0 fully saturated rings. The van der Waals surface area contributed by atoms with Gasteiger partial charge in [0.25, 0.3) is 10.0 Å². The Morgan fingerprint density at radius 1 is 1.14 bits per heavy atom. The van der Waals surface area contributed by atoms with Crippen molar-refractivity contribution in [3.8, 4) is 5.75 Å². The highest BCUT2D eigenvalue weighted by atomic mass is 32.2. The molecule has 5 heteroatoms. The summed E-state index contributed by atoms with van der Waals surface area (Å²) in [6.07, 6.45) is 0.722. The van der Waals surface area contributed by atoms with Crippen molar-refractivity contribution in [3.05, 3.63) is 53.1 Å². The summed E-state index contributed by atoms with van der Waals surface area (Å²) in [6.45, 7) is 5.60. The van der Waals surface area contributed by atoms with E-state index >= 15 is 0 Å². The largest absolute Gasteiger partial charge is 0.507 e. The van der Waals surface area contributed by atoms with Gasteiger partial charge in [0.05, 0.1) is 5.69 Å². The topological polar surface area (TPSA) is 66.4 Å². The van der Waals surface area contributed by atoms with E-state index < -0.39 is 10.0 Å². The summed E-state index contributed by atoms with van der Waals surface area (Å²) >= 11 is 0. The first-order chi connectivity index (χ1) is 9.85. The molecule has 2 N–H and O–H groups in total. The molecule has 0 aliphatic rings. The maximum absolute atomic E-state index is 12.5. The van der Waals surface area contributed by atoms with Gasteiger partial charge < -0.3 is 5.11 Å². The average Bonchev–Trinajstić information content (AvgIpc) is 2.43. The van der Waals surface area contributed by atoms with Gasteiger partial charge in [-0.3, -0.25) is 4.72 Å². The molecule has 0 atom stereocenters. The van der Waals surface area contributed by atoms with Crippen molar-refractivity contribution in [1.29, 1.82) is 0 Å². The minimum Gasteiger partial charge on any atom is -0.507 e. The third-order valence-corrected chi connectivity index (χ3v) is 4.76. The van der Waals surface area contributed by atoms with Crippen LogP contribution in [0.2, 0.25) is 0 Å². The smallest absolute Gasteiger partial charge is 0.265 e. The Kier molecular flexibility index (Phi) is 4.23. The molecule has 0 unspecified atom stereocenters. The van der Waals surface area contributed by atoms with Crippen LogP contribution in [0.4, 0.5) is 5.69 Å². The molecule has 0 aromatic heterocycles. The minimum atomic E-state index is -3.82. The van der Waals surface area contributed by atoms with Crippen LogP contribution in [0.25, 0.3) is 0 Å². The zero-order valence-corrected chi connectivity index (χ0v) is 13.2. The maximum Gasteiger partial charge on any atom is 0.265 e. The zero-order valence-electron chi connectivity index (χ0n) is 12.3. The van der Waals surface area contributed by atoms with E-state index in [1.807, 2.05) is 32.0 Å². The lowest BCUT2D eigenvalue weighted by Gasteiger charge is -2.15. The predicted molar refractivity (Wildman–Crippen MR) is 84.2 cm³/mol. The molecule has 4 nitrogen and oxygen atoms in total. The molecule has 21 heavy (non-hydrogen) atoms. The summed E-state index contributed by atoms with van der Waals surface area (Å²) in [4.78, 5) is -0.104. The van der Waals surface area contributed by atoms with Gasteiger partial charge in [-0.15, -0.1) is 0 Å². The second-order valence-corrected chi connectivity index (χ2v) is 6.69. The zero-order chi connectivity index (χ0) is 15.6. The standard InChI is InChI=1S/C16H19NO3S/c1-4-13-7-5-6-12(3)16(13)17-21(19,20)15-10-11(2)8-9-14(15)18/h5-10,17-18H,4H2,1-3H3. The molecule has 0 aliphatic carbocycles. The molecule has 2 aromatic carbocycles. The van der Waals surface area contributed by atoms with Crippen molar-refractivity contribution in [1.82, 2.24) is 0 Å². The normalized spacial score (nSPS) is 11.4. The molecule has 2 rings (SSSR count). The highest BCUT2D eigenvalue weighted by Crippen LogP contribution is 2.28. The summed E-state index contributed by atoms with van der Waals surface area (Å²) in [7, 11) is -3.82. The van der Waals surface area contributed by atoms with Gasteiger partial charge in [-0.25, -0.2) is 8.42 Å². The van der Waals surface area contributed by atoms with E-state index in [-0.39, 0.29) is 10.6 Å². The number of rotatable bonds is 4. The summed E-state index contributed by atoms with van der Waals surface area (Å²) in [5.41, 5.74) is 3.13. The van der Waals surface area contributed by atoms with Gasteiger partial charge >= 0.3 is 0 Å². The molecule has 0 saturated carbocycles. The van der Waals surface area contributed by atoms with Crippen LogP contribution >= 0.6 is 0 Å². The van der Waals surface area contributed by atoms with E-state index in [4.69, 9.17) is 0 Å². The number of nitrogens with one attached hydrogen (secondary N) is 1. The Bertz CT molecular complexity index is 767. The van der Waals surface area contributed by atoms with Crippen LogP contribution in [-0.2, 0) is 16.4 Å². The Labute approximate surface area is 125 Å². The average molecular weight is 305 g/mol. The second-order valence-electron chi connectivity index (χ2n) is 5.04. The van der Waals surface area contributed by atoms with Gasteiger partial charge in [-0.1, -0.05) is 31.2 Å². The van der Waals surface area contributed by atoms with Crippen LogP contribution in [0.3, 0.4) is 0 Å². The fourth-order valence-electron chi connectivity index (χ4n) is 2.20. The third-order valence-electron chi connectivity index (χ3n) is 3.38.